The molecule has 0 atom stereocenters. The van der Waals surface area contributed by atoms with Crippen molar-refractivity contribution in [2.75, 3.05) is 0 Å². The predicted octanol–water partition coefficient (Wildman–Crippen LogP) is 10.1. The fraction of sp³-hybridized carbons (Fsp3) is 0. The lowest BCUT2D eigenvalue weighted by atomic mass is 9.99. The van der Waals surface area contributed by atoms with Crippen molar-refractivity contribution < 1.29 is 0 Å². The molecule has 0 unspecified atom stereocenters. The second-order valence-corrected chi connectivity index (χ2v) is 12.0. The van der Waals surface area contributed by atoms with Gasteiger partial charge >= 0.3 is 0 Å². The molecule has 9 aromatic rings. The van der Waals surface area contributed by atoms with E-state index in [0.29, 0.717) is 0 Å². The average Bonchev–Trinajstić information content (AvgIpc) is 3.63. The summed E-state index contributed by atoms with van der Waals surface area (Å²) >= 11 is 10.2. The maximum Gasteiger partial charge on any atom is 0.225 e. The van der Waals surface area contributed by atoms with E-state index in [9.17, 15) is 0 Å². The molecular weight excluding hydrogens is 526 g/mol. The minimum Gasteiger partial charge on any atom is -0.291 e. The lowest BCUT2D eigenvalue weighted by Crippen LogP contribution is -1.99. The SMILES string of the molecule is Clc1nc(-n2c3ccccc3c3c4ccccc4c4c5ccccc5sc4c32)c2sc3ccccc3c2n1. The van der Waals surface area contributed by atoms with E-state index in [1.165, 1.54) is 51.9 Å². The zero-order valence-electron chi connectivity index (χ0n) is 19.8. The monoisotopic (exact) mass is 541 g/mol. The fourth-order valence-corrected chi connectivity index (χ4v) is 8.59. The Kier molecular flexibility index (Phi) is 4.14. The first kappa shape index (κ1) is 21.0. The van der Waals surface area contributed by atoms with E-state index in [1.54, 1.807) is 11.3 Å². The van der Waals surface area contributed by atoms with E-state index >= 15 is 0 Å². The van der Waals surface area contributed by atoms with Crippen LogP contribution in [0.5, 0.6) is 0 Å². The van der Waals surface area contributed by atoms with Crippen molar-refractivity contribution in [2.45, 2.75) is 0 Å². The van der Waals surface area contributed by atoms with Gasteiger partial charge in [0, 0.05) is 36.3 Å². The van der Waals surface area contributed by atoms with Crippen molar-refractivity contribution in [3.05, 3.63) is 102 Å². The maximum atomic E-state index is 6.65. The highest BCUT2D eigenvalue weighted by atomic mass is 35.5. The third kappa shape index (κ3) is 2.63. The van der Waals surface area contributed by atoms with Gasteiger partial charge in [0.05, 0.1) is 25.9 Å². The molecule has 9 rings (SSSR count). The second-order valence-electron chi connectivity index (χ2n) is 9.52. The molecule has 0 aliphatic heterocycles. The fourth-order valence-electron chi connectivity index (χ4n) is 6.05. The Bertz CT molecular complexity index is 2430. The number of benzene rings is 5. The smallest absolute Gasteiger partial charge is 0.225 e. The van der Waals surface area contributed by atoms with Crippen LogP contribution in [0.25, 0.3) is 78.9 Å². The van der Waals surface area contributed by atoms with Crippen molar-refractivity contribution in [2.24, 2.45) is 0 Å². The Morgan fingerprint density at radius 1 is 0.553 bits per heavy atom. The van der Waals surface area contributed by atoms with Crippen molar-refractivity contribution in [1.82, 2.24) is 14.5 Å². The summed E-state index contributed by atoms with van der Waals surface area (Å²) in [5.41, 5.74) is 3.20. The normalized spacial score (nSPS) is 12.3. The molecule has 0 spiro atoms. The number of fused-ring (bicyclic) bond motifs is 13. The van der Waals surface area contributed by atoms with Crippen LogP contribution >= 0.6 is 34.3 Å². The van der Waals surface area contributed by atoms with Gasteiger partial charge in [0.25, 0.3) is 0 Å². The van der Waals surface area contributed by atoms with Crippen molar-refractivity contribution in [3.63, 3.8) is 0 Å². The van der Waals surface area contributed by atoms with Gasteiger partial charge in [-0.1, -0.05) is 78.9 Å². The third-order valence-corrected chi connectivity index (χ3v) is 10.0. The van der Waals surface area contributed by atoms with Gasteiger partial charge in [-0.3, -0.25) is 4.57 Å². The second kappa shape index (κ2) is 7.51. The lowest BCUT2D eigenvalue weighted by Gasteiger charge is -2.10. The summed E-state index contributed by atoms with van der Waals surface area (Å²) in [6, 6.07) is 34.5. The standard InChI is InChI=1S/C32H16ClN3S2/c33-32-34-27-21-13-5-8-16-24(21)38-30(27)31(35-32)36-22-14-6-3-11-19(22)25-17-9-1-2-10-18(17)26-20-12-4-7-15-23(20)37-29(26)28(25)36/h1-16H. The molecule has 4 aromatic heterocycles. The molecule has 4 heterocycles. The number of thiophene rings is 2. The highest BCUT2D eigenvalue weighted by Crippen LogP contribution is 2.48. The predicted molar refractivity (Wildman–Crippen MR) is 165 cm³/mol. The third-order valence-electron chi connectivity index (χ3n) is 7.54. The molecule has 6 heteroatoms. The van der Waals surface area contributed by atoms with Gasteiger partial charge < -0.3 is 0 Å². The number of rotatable bonds is 1. The van der Waals surface area contributed by atoms with Gasteiger partial charge in [-0.2, -0.15) is 4.98 Å². The van der Waals surface area contributed by atoms with E-state index in [2.05, 4.69) is 102 Å². The van der Waals surface area contributed by atoms with Gasteiger partial charge in [0.15, 0.2) is 5.82 Å². The highest BCUT2D eigenvalue weighted by molar-refractivity contribution is 7.27. The molecule has 0 bridgehead atoms. The number of aromatic nitrogens is 3. The summed E-state index contributed by atoms with van der Waals surface area (Å²) in [7, 11) is 0. The average molecular weight is 542 g/mol. The van der Waals surface area contributed by atoms with Crippen molar-refractivity contribution in [3.8, 4) is 5.82 Å². The Morgan fingerprint density at radius 3 is 1.92 bits per heavy atom. The minimum absolute atomic E-state index is 0.260. The van der Waals surface area contributed by atoms with Crippen molar-refractivity contribution in [1.29, 1.82) is 0 Å². The zero-order valence-corrected chi connectivity index (χ0v) is 22.2. The van der Waals surface area contributed by atoms with E-state index in [1.807, 2.05) is 11.3 Å². The molecule has 5 aromatic carbocycles. The Hall–Kier alpha value is -4.03. The van der Waals surface area contributed by atoms with E-state index in [-0.39, 0.29) is 5.28 Å². The van der Waals surface area contributed by atoms with Crippen LogP contribution in [0.4, 0.5) is 0 Å². The maximum absolute atomic E-state index is 6.65. The van der Waals surface area contributed by atoms with Gasteiger partial charge in [-0.15, -0.1) is 22.7 Å². The van der Waals surface area contributed by atoms with E-state index < -0.39 is 0 Å². The largest absolute Gasteiger partial charge is 0.291 e. The van der Waals surface area contributed by atoms with Crippen molar-refractivity contribution >= 4 is 107 Å². The summed E-state index contributed by atoms with van der Waals surface area (Å²) in [6.45, 7) is 0. The molecular formula is C32H16ClN3S2. The molecule has 0 radical (unpaired) electrons. The molecule has 0 N–H and O–H groups in total. The molecule has 0 saturated heterocycles. The van der Waals surface area contributed by atoms with Crippen LogP contribution in [-0.2, 0) is 0 Å². The zero-order chi connectivity index (χ0) is 25.0. The van der Waals surface area contributed by atoms with Crippen LogP contribution in [0.2, 0.25) is 5.28 Å². The minimum atomic E-state index is 0.260. The topological polar surface area (TPSA) is 30.7 Å². The molecule has 0 fully saturated rings. The van der Waals surface area contributed by atoms with Gasteiger partial charge in [0.1, 0.15) is 0 Å². The first-order valence-electron chi connectivity index (χ1n) is 12.4. The number of hydrogen-bond donors (Lipinski definition) is 0. The highest BCUT2D eigenvalue weighted by Gasteiger charge is 2.24. The van der Waals surface area contributed by atoms with Crippen LogP contribution in [0.3, 0.4) is 0 Å². The first-order chi connectivity index (χ1) is 18.8. The molecule has 0 aliphatic carbocycles. The molecule has 0 aliphatic rings. The van der Waals surface area contributed by atoms with Crippen LogP contribution < -0.4 is 0 Å². The molecule has 3 nitrogen and oxygen atoms in total. The van der Waals surface area contributed by atoms with Gasteiger partial charge in [-0.05, 0) is 40.6 Å². The first-order valence-corrected chi connectivity index (χ1v) is 14.4. The molecule has 0 saturated carbocycles. The van der Waals surface area contributed by atoms with E-state index in [0.717, 1.165) is 26.9 Å². The Balaban J connectivity index is 1.61. The number of para-hydroxylation sites is 1. The van der Waals surface area contributed by atoms with Crippen LogP contribution in [0, 0.1) is 0 Å². The Morgan fingerprint density at radius 2 is 1.13 bits per heavy atom. The molecule has 0 amide bonds. The van der Waals surface area contributed by atoms with Gasteiger partial charge in [0.2, 0.25) is 5.28 Å². The van der Waals surface area contributed by atoms with Crippen LogP contribution in [0.15, 0.2) is 97.1 Å². The quantitative estimate of drug-likeness (QED) is 0.193. The Labute approximate surface area is 229 Å². The summed E-state index contributed by atoms with van der Waals surface area (Å²) in [5.74, 6) is 0.835. The molecule has 38 heavy (non-hydrogen) atoms. The number of halogens is 1. The summed E-state index contributed by atoms with van der Waals surface area (Å²) < 4.78 is 7.10. The van der Waals surface area contributed by atoms with Gasteiger partial charge in [-0.25, -0.2) is 4.98 Å². The summed E-state index contributed by atoms with van der Waals surface area (Å²) in [5, 5.41) is 8.94. The lowest BCUT2D eigenvalue weighted by molar-refractivity contribution is 1.08. The number of hydrogen-bond acceptors (Lipinski definition) is 4. The van der Waals surface area contributed by atoms with Crippen LogP contribution in [0.1, 0.15) is 0 Å². The van der Waals surface area contributed by atoms with Crippen LogP contribution in [-0.4, -0.2) is 14.5 Å². The number of nitrogens with zero attached hydrogens (tertiary/aromatic N) is 3. The van der Waals surface area contributed by atoms with E-state index in [4.69, 9.17) is 21.6 Å². The summed E-state index contributed by atoms with van der Waals surface area (Å²) in [6.07, 6.45) is 0. The molecule has 178 valence electrons. The summed E-state index contributed by atoms with van der Waals surface area (Å²) in [4.78, 5) is 9.61.